The van der Waals surface area contributed by atoms with E-state index in [9.17, 15) is 9.59 Å². The molecule has 0 N–H and O–H groups in total. The third kappa shape index (κ3) is 2.61. The zero-order valence-corrected chi connectivity index (χ0v) is 16.1. The van der Waals surface area contributed by atoms with Crippen molar-refractivity contribution in [2.45, 2.75) is 72.3 Å². The molecule has 4 aliphatic rings. The van der Waals surface area contributed by atoms with Gasteiger partial charge in [0.1, 0.15) is 6.10 Å². The molecule has 138 valence electrons. The minimum Gasteiger partial charge on any atom is -0.462 e. The zero-order valence-electron chi connectivity index (χ0n) is 16.1. The number of esters is 1. The molecular formula is C22H32O3. The molecule has 8 unspecified atom stereocenters. The predicted molar refractivity (Wildman–Crippen MR) is 96.7 cm³/mol. The van der Waals surface area contributed by atoms with E-state index in [1.54, 1.807) is 6.92 Å². The fraction of sp³-hybridized carbons (Fsp3) is 0.818. The van der Waals surface area contributed by atoms with Crippen LogP contribution in [0, 0.1) is 40.9 Å². The molecule has 0 saturated heterocycles. The highest BCUT2D eigenvalue weighted by molar-refractivity contribution is 5.91. The van der Waals surface area contributed by atoms with Crippen LogP contribution in [-0.2, 0) is 14.3 Å². The second-order valence-corrected chi connectivity index (χ2v) is 9.64. The van der Waals surface area contributed by atoms with Gasteiger partial charge >= 0.3 is 5.97 Å². The Morgan fingerprint density at radius 1 is 1.16 bits per heavy atom. The van der Waals surface area contributed by atoms with Gasteiger partial charge in [-0.05, 0) is 73.7 Å². The largest absolute Gasteiger partial charge is 0.462 e. The van der Waals surface area contributed by atoms with Crippen molar-refractivity contribution in [3.63, 3.8) is 0 Å². The summed E-state index contributed by atoms with van der Waals surface area (Å²) in [6.07, 6.45) is 8.33. The molecule has 0 aromatic carbocycles. The van der Waals surface area contributed by atoms with Crippen molar-refractivity contribution in [1.82, 2.24) is 0 Å². The van der Waals surface area contributed by atoms with Gasteiger partial charge in [-0.1, -0.05) is 26.3 Å². The van der Waals surface area contributed by atoms with Gasteiger partial charge in [0.15, 0.2) is 5.78 Å². The van der Waals surface area contributed by atoms with Gasteiger partial charge in [-0.15, -0.1) is 0 Å². The van der Waals surface area contributed by atoms with Crippen LogP contribution in [-0.4, -0.2) is 17.9 Å². The van der Waals surface area contributed by atoms with Crippen LogP contribution in [0.3, 0.4) is 0 Å². The number of ether oxygens (including phenoxy) is 1. The molecule has 0 aromatic rings. The summed E-state index contributed by atoms with van der Waals surface area (Å²) in [5.41, 5.74) is 1.57. The minimum absolute atomic E-state index is 0.0930. The fourth-order valence-electron chi connectivity index (χ4n) is 7.48. The maximum Gasteiger partial charge on any atom is 0.302 e. The van der Waals surface area contributed by atoms with Crippen molar-refractivity contribution < 1.29 is 14.3 Å². The van der Waals surface area contributed by atoms with Crippen molar-refractivity contribution in [2.75, 3.05) is 0 Å². The Morgan fingerprint density at radius 2 is 1.92 bits per heavy atom. The lowest BCUT2D eigenvalue weighted by Crippen LogP contribution is -2.53. The Morgan fingerprint density at radius 3 is 2.64 bits per heavy atom. The van der Waals surface area contributed by atoms with Gasteiger partial charge in [-0.25, -0.2) is 0 Å². The van der Waals surface area contributed by atoms with Crippen molar-refractivity contribution in [3.05, 3.63) is 11.6 Å². The molecule has 4 aliphatic carbocycles. The van der Waals surface area contributed by atoms with Crippen LogP contribution < -0.4 is 0 Å². The van der Waals surface area contributed by atoms with Crippen LogP contribution in [0.25, 0.3) is 0 Å². The maximum atomic E-state index is 11.9. The molecule has 8 atom stereocenters. The Kier molecular flexibility index (Phi) is 4.12. The SMILES string of the molecule is CC(=O)OC1CCC2C3C(C)CC4=CC(=O)CCC4C3C(C)CC12C. The molecule has 0 aromatic heterocycles. The molecule has 0 heterocycles. The molecular weight excluding hydrogens is 312 g/mol. The van der Waals surface area contributed by atoms with Crippen LogP contribution in [0.4, 0.5) is 0 Å². The van der Waals surface area contributed by atoms with Gasteiger partial charge in [0.25, 0.3) is 0 Å². The Bertz CT molecular complexity index is 621. The highest BCUT2D eigenvalue weighted by atomic mass is 16.5. The topological polar surface area (TPSA) is 43.4 Å². The lowest BCUT2D eigenvalue weighted by atomic mass is 9.47. The van der Waals surface area contributed by atoms with E-state index in [4.69, 9.17) is 4.74 Å². The lowest BCUT2D eigenvalue weighted by molar-refractivity contribution is -0.160. The Hall–Kier alpha value is -1.12. The van der Waals surface area contributed by atoms with E-state index in [1.807, 2.05) is 6.08 Å². The van der Waals surface area contributed by atoms with Crippen LogP contribution in [0.5, 0.6) is 0 Å². The molecule has 0 aliphatic heterocycles. The van der Waals surface area contributed by atoms with Gasteiger partial charge in [0.2, 0.25) is 0 Å². The molecule has 3 nitrogen and oxygen atoms in total. The summed E-state index contributed by atoms with van der Waals surface area (Å²) in [6.45, 7) is 8.73. The van der Waals surface area contributed by atoms with Crippen molar-refractivity contribution >= 4 is 11.8 Å². The maximum absolute atomic E-state index is 11.9. The number of fused-ring (bicyclic) bond motifs is 5. The van der Waals surface area contributed by atoms with E-state index in [0.717, 1.165) is 32.1 Å². The molecule has 25 heavy (non-hydrogen) atoms. The monoisotopic (exact) mass is 344 g/mol. The number of carbonyl (C=O) groups is 2. The second-order valence-electron chi connectivity index (χ2n) is 9.64. The quantitative estimate of drug-likeness (QED) is 0.655. The molecule has 4 rings (SSSR count). The van der Waals surface area contributed by atoms with Crippen molar-refractivity contribution in [1.29, 1.82) is 0 Å². The summed E-state index contributed by atoms with van der Waals surface area (Å²) >= 11 is 0. The molecule has 0 bridgehead atoms. The zero-order chi connectivity index (χ0) is 17.9. The number of rotatable bonds is 1. The van der Waals surface area contributed by atoms with E-state index in [1.165, 1.54) is 12.0 Å². The number of ketones is 1. The first kappa shape index (κ1) is 17.3. The van der Waals surface area contributed by atoms with Gasteiger partial charge in [0, 0.05) is 18.8 Å². The van der Waals surface area contributed by atoms with E-state index in [2.05, 4.69) is 20.8 Å². The van der Waals surface area contributed by atoms with E-state index in [-0.39, 0.29) is 17.5 Å². The summed E-state index contributed by atoms with van der Waals surface area (Å²) in [7, 11) is 0. The molecule has 0 amide bonds. The third-order valence-corrected chi connectivity index (χ3v) is 8.16. The second kappa shape index (κ2) is 5.96. The van der Waals surface area contributed by atoms with Crippen LogP contribution in [0.15, 0.2) is 11.6 Å². The molecule has 3 saturated carbocycles. The lowest BCUT2D eigenvalue weighted by Gasteiger charge is -2.58. The molecule has 3 fully saturated rings. The fourth-order valence-corrected chi connectivity index (χ4v) is 7.48. The Labute approximate surface area is 151 Å². The first-order valence-corrected chi connectivity index (χ1v) is 10.2. The van der Waals surface area contributed by atoms with Crippen molar-refractivity contribution in [2.24, 2.45) is 40.9 Å². The van der Waals surface area contributed by atoms with Gasteiger partial charge < -0.3 is 4.74 Å². The Balaban J connectivity index is 1.67. The smallest absolute Gasteiger partial charge is 0.302 e. The van der Waals surface area contributed by atoms with Gasteiger partial charge in [-0.2, -0.15) is 0 Å². The number of carbonyl (C=O) groups excluding carboxylic acids is 2. The highest BCUT2D eigenvalue weighted by Gasteiger charge is 2.60. The number of hydrogen-bond donors (Lipinski definition) is 0. The van der Waals surface area contributed by atoms with Crippen LogP contribution >= 0.6 is 0 Å². The van der Waals surface area contributed by atoms with E-state index >= 15 is 0 Å². The first-order chi connectivity index (χ1) is 11.8. The summed E-state index contributed by atoms with van der Waals surface area (Å²) in [5, 5.41) is 0. The van der Waals surface area contributed by atoms with Gasteiger partial charge in [0.05, 0.1) is 0 Å². The summed E-state index contributed by atoms with van der Waals surface area (Å²) in [6, 6.07) is 0. The van der Waals surface area contributed by atoms with Gasteiger partial charge in [-0.3, -0.25) is 9.59 Å². The standard InChI is InChI=1S/C22H32O3/c1-12-9-15-10-16(24)5-6-17(15)20-13(2)11-22(4)18(21(12)20)7-8-19(22)25-14(3)23/h10,12-13,17-21H,5-9,11H2,1-4H3. The highest BCUT2D eigenvalue weighted by Crippen LogP contribution is 2.65. The number of allylic oxidation sites excluding steroid dienone is 1. The van der Waals surface area contributed by atoms with Crippen LogP contribution in [0.1, 0.15) is 66.2 Å². The normalized spacial score (nSPS) is 48.9. The van der Waals surface area contributed by atoms with Crippen LogP contribution in [0.2, 0.25) is 0 Å². The van der Waals surface area contributed by atoms with E-state index in [0.29, 0.717) is 41.3 Å². The average Bonchev–Trinajstić information content (AvgIpc) is 2.82. The van der Waals surface area contributed by atoms with E-state index < -0.39 is 0 Å². The average molecular weight is 344 g/mol. The molecule has 0 radical (unpaired) electrons. The minimum atomic E-state index is -0.130. The summed E-state index contributed by atoms with van der Waals surface area (Å²) in [5.74, 6) is 4.16. The summed E-state index contributed by atoms with van der Waals surface area (Å²) in [4.78, 5) is 23.5. The first-order valence-electron chi connectivity index (χ1n) is 10.2. The van der Waals surface area contributed by atoms with Crippen molar-refractivity contribution in [3.8, 4) is 0 Å². The predicted octanol–water partition coefficient (Wildman–Crippen LogP) is 4.55. The number of hydrogen-bond acceptors (Lipinski definition) is 3. The third-order valence-electron chi connectivity index (χ3n) is 8.16. The molecule has 0 spiro atoms. The summed E-state index contributed by atoms with van der Waals surface area (Å²) < 4.78 is 5.77. The molecule has 3 heteroatoms.